The Morgan fingerprint density at radius 3 is 2.39 bits per heavy atom. The van der Waals surface area contributed by atoms with E-state index in [1.54, 1.807) is 33.0 Å². The summed E-state index contributed by atoms with van der Waals surface area (Å²) in [6, 6.07) is 9.23. The maximum Gasteiger partial charge on any atom is 0.246 e. The Morgan fingerprint density at radius 1 is 1.39 bits per heavy atom. The summed E-state index contributed by atoms with van der Waals surface area (Å²) in [4.78, 5) is 13.6. The van der Waals surface area contributed by atoms with Gasteiger partial charge in [0.1, 0.15) is 11.2 Å². The lowest BCUT2D eigenvalue weighted by atomic mass is 9.94. The number of carbonyl (C=O) groups excluding carboxylic acids is 1. The van der Waals surface area contributed by atoms with Crippen LogP contribution >= 0.6 is 0 Å². The molecule has 1 amide bonds. The fourth-order valence-corrected chi connectivity index (χ4v) is 1.52. The van der Waals surface area contributed by atoms with Gasteiger partial charge in [-0.2, -0.15) is 5.26 Å². The van der Waals surface area contributed by atoms with Crippen LogP contribution in [0.25, 0.3) is 0 Å². The van der Waals surface area contributed by atoms with Gasteiger partial charge in [0, 0.05) is 12.7 Å². The van der Waals surface area contributed by atoms with Gasteiger partial charge in [0.05, 0.1) is 12.7 Å². The number of nitriles is 1. The van der Waals surface area contributed by atoms with E-state index in [4.69, 9.17) is 10.00 Å². The van der Waals surface area contributed by atoms with Gasteiger partial charge in [-0.1, -0.05) is 0 Å². The Bertz CT molecular complexity index is 458. The Balaban J connectivity index is 2.88. The smallest absolute Gasteiger partial charge is 0.246 e. The van der Waals surface area contributed by atoms with Crippen molar-refractivity contribution in [2.75, 3.05) is 18.6 Å². The molecule has 0 aliphatic rings. The minimum Gasteiger partial charge on any atom is -0.494 e. The third-order valence-corrected chi connectivity index (χ3v) is 2.65. The lowest BCUT2D eigenvalue weighted by Gasteiger charge is -2.24. The third-order valence-electron chi connectivity index (χ3n) is 2.65. The van der Waals surface area contributed by atoms with Crippen LogP contribution in [0, 0.1) is 16.7 Å². The number of benzene rings is 1. The number of carbonyl (C=O) groups is 1. The third kappa shape index (κ3) is 3.01. The number of rotatable bonds is 4. The largest absolute Gasteiger partial charge is 0.494 e. The molecule has 1 aromatic rings. The predicted octanol–water partition coefficient (Wildman–Crippen LogP) is 2.60. The molecule has 0 saturated carbocycles. The van der Waals surface area contributed by atoms with Gasteiger partial charge in [-0.15, -0.1) is 0 Å². The van der Waals surface area contributed by atoms with Gasteiger partial charge in [0.2, 0.25) is 5.91 Å². The molecule has 0 spiro atoms. The fourth-order valence-electron chi connectivity index (χ4n) is 1.52. The second-order valence-electron chi connectivity index (χ2n) is 4.53. The Kier molecular flexibility index (Phi) is 4.33. The molecule has 0 aliphatic heterocycles. The number of nitrogens with zero attached hydrogens (tertiary/aromatic N) is 2. The molecule has 4 nitrogen and oxygen atoms in total. The van der Waals surface area contributed by atoms with E-state index in [2.05, 4.69) is 0 Å². The van der Waals surface area contributed by atoms with Crippen LogP contribution in [0.15, 0.2) is 24.3 Å². The van der Waals surface area contributed by atoms with Gasteiger partial charge < -0.3 is 9.64 Å². The number of ether oxygens (including phenoxy) is 1. The first-order valence-corrected chi connectivity index (χ1v) is 5.84. The summed E-state index contributed by atoms with van der Waals surface area (Å²) in [6.07, 6.45) is 0. The summed E-state index contributed by atoms with van der Waals surface area (Å²) < 4.78 is 5.33. The van der Waals surface area contributed by atoms with Crippen molar-refractivity contribution >= 4 is 11.6 Å². The van der Waals surface area contributed by atoms with Gasteiger partial charge in [-0.25, -0.2) is 0 Å². The van der Waals surface area contributed by atoms with Crippen LogP contribution < -0.4 is 9.64 Å². The first-order chi connectivity index (χ1) is 8.42. The van der Waals surface area contributed by atoms with Crippen LogP contribution in [-0.4, -0.2) is 19.6 Å². The van der Waals surface area contributed by atoms with E-state index in [9.17, 15) is 4.79 Å². The molecule has 0 aliphatic carbocycles. The zero-order valence-electron chi connectivity index (χ0n) is 11.2. The molecule has 0 unspecified atom stereocenters. The average molecular weight is 246 g/mol. The molecule has 1 rings (SSSR count). The summed E-state index contributed by atoms with van der Waals surface area (Å²) in [6.45, 7) is 5.75. The molecular formula is C14H18N2O2. The standard InChI is InChI=1S/C14H18N2O2/c1-5-18-12-8-6-11(7-9-12)16(4)13(17)14(2,3)10-15/h6-9H,5H2,1-4H3. The highest BCUT2D eigenvalue weighted by Crippen LogP contribution is 2.23. The number of anilines is 1. The van der Waals surface area contributed by atoms with Crippen LogP contribution in [0.1, 0.15) is 20.8 Å². The molecule has 0 saturated heterocycles. The molecule has 0 heterocycles. The molecule has 0 radical (unpaired) electrons. The van der Waals surface area contributed by atoms with Gasteiger partial charge in [-0.3, -0.25) is 4.79 Å². The lowest BCUT2D eigenvalue weighted by molar-refractivity contribution is -0.123. The quantitative estimate of drug-likeness (QED) is 0.820. The number of hydrogen-bond acceptors (Lipinski definition) is 3. The van der Waals surface area contributed by atoms with Crippen LogP contribution in [-0.2, 0) is 4.79 Å². The second kappa shape index (κ2) is 5.54. The molecule has 0 aromatic heterocycles. The van der Waals surface area contributed by atoms with Crippen molar-refractivity contribution in [3.63, 3.8) is 0 Å². The second-order valence-corrected chi connectivity index (χ2v) is 4.53. The van der Waals surface area contributed by atoms with E-state index in [-0.39, 0.29) is 5.91 Å². The molecular weight excluding hydrogens is 228 g/mol. The van der Waals surface area contributed by atoms with Crippen molar-refractivity contribution in [2.45, 2.75) is 20.8 Å². The van der Waals surface area contributed by atoms with Crippen molar-refractivity contribution in [3.05, 3.63) is 24.3 Å². The Labute approximate surface area is 108 Å². The summed E-state index contributed by atoms with van der Waals surface area (Å²) in [5.74, 6) is 0.538. The van der Waals surface area contributed by atoms with E-state index in [0.717, 1.165) is 11.4 Å². The highest BCUT2D eigenvalue weighted by molar-refractivity contribution is 5.98. The summed E-state index contributed by atoms with van der Waals surface area (Å²) >= 11 is 0. The highest BCUT2D eigenvalue weighted by atomic mass is 16.5. The molecule has 4 heteroatoms. The molecule has 0 N–H and O–H groups in total. The van der Waals surface area contributed by atoms with Gasteiger partial charge in [0.25, 0.3) is 0 Å². The first-order valence-electron chi connectivity index (χ1n) is 5.84. The minimum atomic E-state index is -1.02. The van der Waals surface area contributed by atoms with Gasteiger partial charge in [-0.05, 0) is 45.0 Å². The summed E-state index contributed by atoms with van der Waals surface area (Å²) in [5.41, 5.74) is -0.278. The topological polar surface area (TPSA) is 53.3 Å². The number of hydrogen-bond donors (Lipinski definition) is 0. The van der Waals surface area contributed by atoms with Crippen LogP contribution in [0.3, 0.4) is 0 Å². The van der Waals surface area contributed by atoms with Crippen molar-refractivity contribution in [1.29, 1.82) is 5.26 Å². The predicted molar refractivity (Wildman–Crippen MR) is 70.4 cm³/mol. The number of amides is 1. The normalized spacial score (nSPS) is 10.6. The van der Waals surface area contributed by atoms with Crippen molar-refractivity contribution < 1.29 is 9.53 Å². The maximum atomic E-state index is 12.1. The molecule has 96 valence electrons. The fraction of sp³-hybridized carbons (Fsp3) is 0.429. The van der Waals surface area contributed by atoms with E-state index in [1.165, 1.54) is 4.90 Å². The van der Waals surface area contributed by atoms with Gasteiger partial charge >= 0.3 is 0 Å². The Hall–Kier alpha value is -2.02. The average Bonchev–Trinajstić information content (AvgIpc) is 2.38. The SMILES string of the molecule is CCOc1ccc(N(C)C(=O)C(C)(C)C#N)cc1. The maximum absolute atomic E-state index is 12.1. The molecule has 0 fully saturated rings. The summed E-state index contributed by atoms with van der Waals surface area (Å²) in [7, 11) is 1.66. The van der Waals surface area contributed by atoms with E-state index in [1.807, 2.05) is 25.1 Å². The van der Waals surface area contributed by atoms with E-state index in [0.29, 0.717) is 6.61 Å². The van der Waals surface area contributed by atoms with Crippen molar-refractivity contribution in [1.82, 2.24) is 0 Å². The van der Waals surface area contributed by atoms with Crippen LogP contribution in [0.2, 0.25) is 0 Å². The zero-order valence-corrected chi connectivity index (χ0v) is 11.2. The van der Waals surface area contributed by atoms with Crippen LogP contribution in [0.5, 0.6) is 5.75 Å². The van der Waals surface area contributed by atoms with Crippen molar-refractivity contribution in [2.24, 2.45) is 5.41 Å². The Morgan fingerprint density at radius 2 is 1.94 bits per heavy atom. The van der Waals surface area contributed by atoms with Crippen molar-refractivity contribution in [3.8, 4) is 11.8 Å². The molecule has 18 heavy (non-hydrogen) atoms. The highest BCUT2D eigenvalue weighted by Gasteiger charge is 2.30. The minimum absolute atomic E-state index is 0.228. The van der Waals surface area contributed by atoms with Gasteiger partial charge in [0.15, 0.2) is 0 Å². The first kappa shape index (κ1) is 14.0. The molecule has 0 bridgehead atoms. The summed E-state index contributed by atoms with van der Waals surface area (Å²) in [5, 5.41) is 8.96. The zero-order chi connectivity index (χ0) is 13.8. The van der Waals surface area contributed by atoms with E-state index >= 15 is 0 Å². The molecule has 1 aromatic carbocycles. The van der Waals surface area contributed by atoms with E-state index < -0.39 is 5.41 Å². The monoisotopic (exact) mass is 246 g/mol. The molecule has 0 atom stereocenters. The lowest BCUT2D eigenvalue weighted by Crippen LogP contribution is -2.37. The van der Waals surface area contributed by atoms with Crippen LogP contribution in [0.4, 0.5) is 5.69 Å².